The summed E-state index contributed by atoms with van der Waals surface area (Å²) >= 11 is 1.71. The Morgan fingerprint density at radius 3 is 3.00 bits per heavy atom. The van der Waals surface area contributed by atoms with Crippen molar-refractivity contribution in [1.82, 2.24) is 14.9 Å². The molecule has 6 heteroatoms. The molecule has 1 fully saturated rings. The maximum Gasteiger partial charge on any atom is 0.138 e. The highest BCUT2D eigenvalue weighted by molar-refractivity contribution is 7.18. The first-order valence-electron chi connectivity index (χ1n) is 7.01. The molecule has 2 aromatic rings. The lowest BCUT2D eigenvalue weighted by atomic mass is 10.2. The van der Waals surface area contributed by atoms with Crippen molar-refractivity contribution >= 4 is 27.4 Å². The maximum atomic E-state index is 5.39. The van der Waals surface area contributed by atoms with Crippen LogP contribution in [0.25, 0.3) is 10.2 Å². The van der Waals surface area contributed by atoms with Crippen LogP contribution >= 0.6 is 11.3 Å². The standard InChI is InChI=1S/C14H20N4OS/c1-10(18-3-5-19-6-4-18)8-15-13-12-7-11(2)20-14(12)17-9-16-13/h7,9-10H,3-6,8H2,1-2H3,(H,15,16,17). The number of nitrogens with one attached hydrogen (secondary N) is 1. The third-order valence-electron chi connectivity index (χ3n) is 3.69. The third-order valence-corrected chi connectivity index (χ3v) is 4.65. The predicted molar refractivity (Wildman–Crippen MR) is 82.5 cm³/mol. The Morgan fingerprint density at radius 1 is 1.40 bits per heavy atom. The van der Waals surface area contributed by atoms with Crippen molar-refractivity contribution in [2.75, 3.05) is 38.2 Å². The molecule has 1 N–H and O–H groups in total. The van der Waals surface area contributed by atoms with Crippen LogP contribution in [0.1, 0.15) is 11.8 Å². The van der Waals surface area contributed by atoms with E-state index in [1.807, 2.05) is 0 Å². The van der Waals surface area contributed by atoms with Gasteiger partial charge >= 0.3 is 0 Å². The molecule has 2 aromatic heterocycles. The van der Waals surface area contributed by atoms with Crippen molar-refractivity contribution in [2.45, 2.75) is 19.9 Å². The van der Waals surface area contributed by atoms with Gasteiger partial charge in [-0.25, -0.2) is 9.97 Å². The van der Waals surface area contributed by atoms with Gasteiger partial charge in [-0.1, -0.05) is 0 Å². The van der Waals surface area contributed by atoms with E-state index in [0.717, 1.165) is 48.9 Å². The first-order valence-corrected chi connectivity index (χ1v) is 7.82. The van der Waals surface area contributed by atoms with Crippen LogP contribution in [0.3, 0.4) is 0 Å². The number of nitrogens with zero attached hydrogens (tertiary/aromatic N) is 3. The van der Waals surface area contributed by atoms with Gasteiger partial charge in [-0.2, -0.15) is 0 Å². The lowest BCUT2D eigenvalue weighted by Gasteiger charge is -2.32. The van der Waals surface area contributed by atoms with Crippen molar-refractivity contribution < 1.29 is 4.74 Å². The van der Waals surface area contributed by atoms with E-state index in [4.69, 9.17) is 4.74 Å². The molecule has 5 nitrogen and oxygen atoms in total. The smallest absolute Gasteiger partial charge is 0.138 e. The van der Waals surface area contributed by atoms with Crippen LogP contribution in [0.2, 0.25) is 0 Å². The SMILES string of the molecule is Cc1cc2c(NCC(C)N3CCOCC3)ncnc2s1. The molecule has 3 rings (SSSR count). The first-order chi connectivity index (χ1) is 9.74. The molecule has 0 bridgehead atoms. The van der Waals surface area contributed by atoms with E-state index >= 15 is 0 Å². The number of fused-ring (bicyclic) bond motifs is 1. The normalized spacial score (nSPS) is 18.3. The van der Waals surface area contributed by atoms with E-state index in [0.29, 0.717) is 6.04 Å². The number of hydrogen-bond acceptors (Lipinski definition) is 6. The van der Waals surface area contributed by atoms with Gasteiger partial charge in [-0.15, -0.1) is 11.3 Å². The lowest BCUT2D eigenvalue weighted by molar-refractivity contribution is 0.0227. The van der Waals surface area contributed by atoms with Crippen LogP contribution in [-0.2, 0) is 4.74 Å². The first kappa shape index (κ1) is 13.7. The van der Waals surface area contributed by atoms with Crippen LogP contribution in [0.15, 0.2) is 12.4 Å². The summed E-state index contributed by atoms with van der Waals surface area (Å²) in [4.78, 5) is 13.5. The summed E-state index contributed by atoms with van der Waals surface area (Å²) in [5.74, 6) is 0.944. The molecule has 20 heavy (non-hydrogen) atoms. The molecule has 1 unspecified atom stereocenters. The number of rotatable bonds is 4. The molecular formula is C14H20N4OS. The van der Waals surface area contributed by atoms with E-state index in [9.17, 15) is 0 Å². The lowest BCUT2D eigenvalue weighted by Crippen LogP contribution is -2.45. The summed E-state index contributed by atoms with van der Waals surface area (Å²) in [6.45, 7) is 8.94. The number of hydrogen-bond donors (Lipinski definition) is 1. The summed E-state index contributed by atoms with van der Waals surface area (Å²) in [6, 6.07) is 2.63. The Bertz CT molecular complexity index is 580. The summed E-state index contributed by atoms with van der Waals surface area (Å²) in [5, 5.41) is 4.60. The summed E-state index contributed by atoms with van der Waals surface area (Å²) in [7, 11) is 0. The second kappa shape index (κ2) is 6.03. The number of anilines is 1. The second-order valence-electron chi connectivity index (χ2n) is 5.18. The van der Waals surface area contributed by atoms with Crippen LogP contribution in [0, 0.1) is 6.92 Å². The monoisotopic (exact) mass is 292 g/mol. The van der Waals surface area contributed by atoms with Crippen LogP contribution < -0.4 is 5.32 Å². The summed E-state index contributed by atoms with van der Waals surface area (Å²) in [6.07, 6.45) is 1.64. The average molecular weight is 292 g/mol. The molecule has 0 spiro atoms. The fourth-order valence-corrected chi connectivity index (χ4v) is 3.36. The molecule has 0 amide bonds. The van der Waals surface area contributed by atoms with Gasteiger partial charge in [0.1, 0.15) is 17.0 Å². The van der Waals surface area contributed by atoms with Crippen molar-refractivity contribution in [1.29, 1.82) is 0 Å². The molecule has 1 aliphatic rings. The fourth-order valence-electron chi connectivity index (χ4n) is 2.51. The molecule has 1 atom stereocenters. The van der Waals surface area contributed by atoms with Gasteiger partial charge in [-0.05, 0) is 19.9 Å². The van der Waals surface area contributed by atoms with Crippen LogP contribution in [-0.4, -0.2) is 53.8 Å². The number of thiophene rings is 1. The molecule has 108 valence electrons. The Hall–Kier alpha value is -1.24. The summed E-state index contributed by atoms with van der Waals surface area (Å²) in [5.41, 5.74) is 0. The van der Waals surface area contributed by atoms with E-state index in [1.165, 1.54) is 4.88 Å². The number of morpholine rings is 1. The van der Waals surface area contributed by atoms with Crippen molar-refractivity contribution in [2.24, 2.45) is 0 Å². The van der Waals surface area contributed by atoms with E-state index < -0.39 is 0 Å². The van der Waals surface area contributed by atoms with Gasteiger partial charge in [-0.3, -0.25) is 4.90 Å². The van der Waals surface area contributed by atoms with Crippen LogP contribution in [0.4, 0.5) is 5.82 Å². The van der Waals surface area contributed by atoms with Gasteiger partial charge in [0, 0.05) is 30.6 Å². The Labute approximate surface area is 123 Å². The largest absolute Gasteiger partial charge is 0.379 e. The molecule has 3 heterocycles. The molecule has 0 radical (unpaired) electrons. The zero-order valence-corrected chi connectivity index (χ0v) is 12.7. The Kier molecular flexibility index (Phi) is 4.14. The maximum absolute atomic E-state index is 5.39. The highest BCUT2D eigenvalue weighted by Crippen LogP contribution is 2.27. The van der Waals surface area contributed by atoms with Crippen molar-refractivity contribution in [3.8, 4) is 0 Å². The zero-order valence-electron chi connectivity index (χ0n) is 11.9. The minimum Gasteiger partial charge on any atom is -0.379 e. The van der Waals surface area contributed by atoms with Gasteiger partial charge in [0.05, 0.1) is 18.6 Å². The molecular weight excluding hydrogens is 272 g/mol. The van der Waals surface area contributed by atoms with Crippen LogP contribution in [0.5, 0.6) is 0 Å². The molecule has 1 saturated heterocycles. The minimum atomic E-state index is 0.476. The van der Waals surface area contributed by atoms with Gasteiger partial charge in [0.15, 0.2) is 0 Å². The minimum absolute atomic E-state index is 0.476. The predicted octanol–water partition coefficient (Wildman–Crippen LogP) is 2.13. The molecule has 1 aliphatic heterocycles. The highest BCUT2D eigenvalue weighted by Gasteiger charge is 2.17. The topological polar surface area (TPSA) is 50.3 Å². The quantitative estimate of drug-likeness (QED) is 0.935. The summed E-state index contributed by atoms with van der Waals surface area (Å²) < 4.78 is 5.39. The van der Waals surface area contributed by atoms with Crippen molar-refractivity contribution in [3.05, 3.63) is 17.3 Å². The Balaban J connectivity index is 1.67. The van der Waals surface area contributed by atoms with E-state index in [1.54, 1.807) is 17.7 Å². The van der Waals surface area contributed by atoms with E-state index in [-0.39, 0.29) is 0 Å². The van der Waals surface area contributed by atoms with Gasteiger partial charge in [0.25, 0.3) is 0 Å². The zero-order chi connectivity index (χ0) is 13.9. The number of aryl methyl sites for hydroxylation is 1. The number of aromatic nitrogens is 2. The van der Waals surface area contributed by atoms with Gasteiger partial charge < -0.3 is 10.1 Å². The highest BCUT2D eigenvalue weighted by atomic mass is 32.1. The van der Waals surface area contributed by atoms with E-state index in [2.05, 4.69) is 40.1 Å². The molecule has 0 saturated carbocycles. The molecule has 0 aliphatic carbocycles. The van der Waals surface area contributed by atoms with Gasteiger partial charge in [0.2, 0.25) is 0 Å². The third kappa shape index (κ3) is 2.92. The van der Waals surface area contributed by atoms with Crippen molar-refractivity contribution in [3.63, 3.8) is 0 Å². The Morgan fingerprint density at radius 2 is 2.20 bits per heavy atom. The second-order valence-corrected chi connectivity index (χ2v) is 6.41. The molecule has 0 aromatic carbocycles. The number of ether oxygens (including phenoxy) is 1. The fraction of sp³-hybridized carbons (Fsp3) is 0.571. The average Bonchev–Trinajstić information content (AvgIpc) is 2.86.